The largest absolute Gasteiger partial charge is 0.389 e. The zero-order valence-corrected chi connectivity index (χ0v) is 13.6. The summed E-state index contributed by atoms with van der Waals surface area (Å²) in [4.78, 5) is 8.90. The topological polar surface area (TPSA) is 39.6 Å². The SMILES string of the molecule is CC(C)(O)CN1CCN(c2ncc(Cl)cc2Br)CC1. The quantitative estimate of drug-likeness (QED) is 0.910. The van der Waals surface area contributed by atoms with E-state index in [1.807, 2.05) is 19.9 Å². The van der Waals surface area contributed by atoms with E-state index in [9.17, 15) is 5.11 Å². The first-order valence-electron chi connectivity index (χ1n) is 6.36. The molecule has 0 atom stereocenters. The number of anilines is 1. The summed E-state index contributed by atoms with van der Waals surface area (Å²) in [6.45, 7) is 8.07. The highest BCUT2D eigenvalue weighted by molar-refractivity contribution is 9.10. The maximum Gasteiger partial charge on any atom is 0.143 e. The van der Waals surface area contributed by atoms with Gasteiger partial charge in [0.05, 0.1) is 15.1 Å². The van der Waals surface area contributed by atoms with Crippen molar-refractivity contribution >= 4 is 33.3 Å². The molecule has 1 saturated heterocycles. The summed E-state index contributed by atoms with van der Waals surface area (Å²) in [5.41, 5.74) is -0.638. The number of hydrogen-bond donors (Lipinski definition) is 1. The van der Waals surface area contributed by atoms with Crippen molar-refractivity contribution in [2.45, 2.75) is 19.4 Å². The van der Waals surface area contributed by atoms with Crippen LogP contribution in [0.4, 0.5) is 5.82 Å². The van der Waals surface area contributed by atoms with Crippen LogP contribution < -0.4 is 4.90 Å². The number of aromatic nitrogens is 1. The van der Waals surface area contributed by atoms with E-state index in [-0.39, 0.29) is 0 Å². The molecule has 2 rings (SSSR count). The third-order valence-electron chi connectivity index (χ3n) is 3.07. The standard InChI is InChI=1S/C13H19BrClN3O/c1-13(2,19)9-17-3-5-18(6-4-17)12-11(14)7-10(15)8-16-12/h7-8,19H,3-6,9H2,1-2H3. The molecule has 19 heavy (non-hydrogen) atoms. The van der Waals surface area contributed by atoms with Crippen molar-refractivity contribution in [1.29, 1.82) is 0 Å². The van der Waals surface area contributed by atoms with Crippen LogP contribution in [0.5, 0.6) is 0 Å². The number of aliphatic hydroxyl groups is 1. The molecule has 1 aromatic rings. The van der Waals surface area contributed by atoms with Gasteiger partial charge in [-0.25, -0.2) is 4.98 Å². The minimum absolute atomic E-state index is 0.635. The zero-order chi connectivity index (χ0) is 14.0. The molecule has 1 fully saturated rings. The lowest BCUT2D eigenvalue weighted by Gasteiger charge is -2.38. The number of rotatable bonds is 3. The summed E-state index contributed by atoms with van der Waals surface area (Å²) in [6, 6.07) is 1.87. The fourth-order valence-corrected chi connectivity index (χ4v) is 3.19. The molecule has 2 heterocycles. The number of pyridine rings is 1. The summed E-state index contributed by atoms with van der Waals surface area (Å²) in [5, 5.41) is 10.5. The first kappa shape index (κ1) is 15.0. The van der Waals surface area contributed by atoms with Crippen LogP contribution in [0.25, 0.3) is 0 Å². The molecule has 0 radical (unpaired) electrons. The van der Waals surface area contributed by atoms with Crippen molar-refractivity contribution in [1.82, 2.24) is 9.88 Å². The highest BCUT2D eigenvalue weighted by atomic mass is 79.9. The Bertz CT molecular complexity index is 442. The van der Waals surface area contributed by atoms with Crippen LogP contribution in [-0.4, -0.2) is 53.3 Å². The number of halogens is 2. The molecule has 0 amide bonds. The molecule has 0 aromatic carbocycles. The van der Waals surface area contributed by atoms with Crippen molar-refractivity contribution in [2.75, 3.05) is 37.6 Å². The molecule has 1 aromatic heterocycles. The van der Waals surface area contributed by atoms with Crippen LogP contribution in [0.3, 0.4) is 0 Å². The molecule has 1 aliphatic rings. The van der Waals surface area contributed by atoms with E-state index in [0.29, 0.717) is 11.6 Å². The van der Waals surface area contributed by atoms with Crippen LogP contribution >= 0.6 is 27.5 Å². The first-order valence-corrected chi connectivity index (χ1v) is 7.53. The fraction of sp³-hybridized carbons (Fsp3) is 0.615. The van der Waals surface area contributed by atoms with Crippen molar-refractivity contribution in [3.05, 3.63) is 21.8 Å². The lowest BCUT2D eigenvalue weighted by atomic mass is 10.1. The minimum atomic E-state index is -0.638. The van der Waals surface area contributed by atoms with Gasteiger partial charge in [-0.1, -0.05) is 11.6 Å². The van der Waals surface area contributed by atoms with E-state index in [2.05, 4.69) is 30.7 Å². The van der Waals surface area contributed by atoms with Crippen molar-refractivity contribution < 1.29 is 5.11 Å². The molecular formula is C13H19BrClN3O. The fourth-order valence-electron chi connectivity index (χ4n) is 2.31. The summed E-state index contributed by atoms with van der Waals surface area (Å²) < 4.78 is 0.927. The highest BCUT2D eigenvalue weighted by Crippen LogP contribution is 2.27. The van der Waals surface area contributed by atoms with Gasteiger partial charge >= 0.3 is 0 Å². The third-order valence-corrected chi connectivity index (χ3v) is 3.86. The minimum Gasteiger partial charge on any atom is -0.389 e. The number of hydrogen-bond acceptors (Lipinski definition) is 4. The molecule has 0 aliphatic carbocycles. The van der Waals surface area contributed by atoms with E-state index in [0.717, 1.165) is 36.5 Å². The lowest BCUT2D eigenvalue weighted by molar-refractivity contribution is 0.0344. The highest BCUT2D eigenvalue weighted by Gasteiger charge is 2.24. The van der Waals surface area contributed by atoms with Gasteiger partial charge in [-0.3, -0.25) is 4.90 Å². The zero-order valence-electron chi connectivity index (χ0n) is 11.2. The van der Waals surface area contributed by atoms with E-state index < -0.39 is 5.60 Å². The van der Waals surface area contributed by atoms with Crippen LogP contribution in [0, 0.1) is 0 Å². The Hall–Kier alpha value is -0.360. The Balaban J connectivity index is 1.96. The second-order valence-electron chi connectivity index (χ2n) is 5.53. The van der Waals surface area contributed by atoms with Crippen molar-refractivity contribution in [2.24, 2.45) is 0 Å². The Morgan fingerprint density at radius 1 is 1.37 bits per heavy atom. The van der Waals surface area contributed by atoms with E-state index in [1.54, 1.807) is 6.20 Å². The van der Waals surface area contributed by atoms with Crippen molar-refractivity contribution in [3.8, 4) is 0 Å². The first-order chi connectivity index (χ1) is 8.85. The van der Waals surface area contributed by atoms with Crippen LogP contribution in [0.1, 0.15) is 13.8 Å². The molecule has 106 valence electrons. The summed E-state index contributed by atoms with van der Waals surface area (Å²) in [5.74, 6) is 0.937. The second kappa shape index (κ2) is 5.95. The Kier molecular flexibility index (Phi) is 4.71. The predicted molar refractivity (Wildman–Crippen MR) is 81.9 cm³/mol. The molecule has 0 bridgehead atoms. The molecule has 0 spiro atoms. The van der Waals surface area contributed by atoms with Crippen LogP contribution in [0.15, 0.2) is 16.7 Å². The molecule has 4 nitrogen and oxygen atoms in total. The second-order valence-corrected chi connectivity index (χ2v) is 6.83. The van der Waals surface area contributed by atoms with Gasteiger partial charge in [-0.2, -0.15) is 0 Å². The average Bonchev–Trinajstić information content (AvgIpc) is 2.28. The predicted octanol–water partition coefficient (Wildman–Crippen LogP) is 2.39. The number of β-amino-alcohol motifs (C(OH)–C–C–N with tert-alkyl or cyclic N) is 1. The van der Waals surface area contributed by atoms with Gasteiger partial charge in [0.25, 0.3) is 0 Å². The van der Waals surface area contributed by atoms with Gasteiger partial charge in [0.1, 0.15) is 5.82 Å². The van der Waals surface area contributed by atoms with Gasteiger partial charge < -0.3 is 10.0 Å². The average molecular weight is 349 g/mol. The van der Waals surface area contributed by atoms with Gasteiger partial charge in [0.15, 0.2) is 0 Å². The maximum absolute atomic E-state index is 9.84. The molecule has 6 heteroatoms. The van der Waals surface area contributed by atoms with Crippen molar-refractivity contribution in [3.63, 3.8) is 0 Å². The number of piperazine rings is 1. The molecule has 1 N–H and O–H groups in total. The Morgan fingerprint density at radius 3 is 2.53 bits per heavy atom. The molecular weight excluding hydrogens is 330 g/mol. The Labute approximate surface area is 127 Å². The Morgan fingerprint density at radius 2 is 2.00 bits per heavy atom. The summed E-state index contributed by atoms with van der Waals surface area (Å²) in [6.07, 6.45) is 1.67. The lowest BCUT2D eigenvalue weighted by Crippen LogP contribution is -2.50. The third kappa shape index (κ3) is 4.31. The molecule has 1 aliphatic heterocycles. The van der Waals surface area contributed by atoms with Gasteiger partial charge in [-0.15, -0.1) is 0 Å². The summed E-state index contributed by atoms with van der Waals surface area (Å²) in [7, 11) is 0. The maximum atomic E-state index is 9.84. The van der Waals surface area contributed by atoms with E-state index in [4.69, 9.17) is 11.6 Å². The monoisotopic (exact) mass is 347 g/mol. The van der Waals surface area contributed by atoms with E-state index >= 15 is 0 Å². The summed E-state index contributed by atoms with van der Waals surface area (Å²) >= 11 is 9.41. The smallest absolute Gasteiger partial charge is 0.143 e. The normalized spacial score (nSPS) is 17.8. The molecule has 0 saturated carbocycles. The van der Waals surface area contributed by atoms with E-state index in [1.165, 1.54) is 0 Å². The van der Waals surface area contributed by atoms with Crippen LogP contribution in [-0.2, 0) is 0 Å². The van der Waals surface area contributed by atoms with Gasteiger partial charge in [-0.05, 0) is 35.8 Å². The molecule has 0 unspecified atom stereocenters. The van der Waals surface area contributed by atoms with Crippen LogP contribution in [0.2, 0.25) is 5.02 Å². The van der Waals surface area contributed by atoms with Gasteiger partial charge in [0, 0.05) is 38.9 Å². The van der Waals surface area contributed by atoms with Gasteiger partial charge in [0.2, 0.25) is 0 Å². The number of nitrogens with zero attached hydrogens (tertiary/aromatic N) is 3.